The maximum Gasteiger partial charge on any atom is 0.242 e. The largest absolute Gasteiger partial charge is 0.387 e. The van der Waals surface area contributed by atoms with E-state index < -0.39 is 16.1 Å². The number of hydrogen-bond donors (Lipinski definition) is 2. The van der Waals surface area contributed by atoms with Gasteiger partial charge in [-0.3, -0.25) is 0 Å². The van der Waals surface area contributed by atoms with E-state index in [0.717, 1.165) is 5.69 Å². The molecule has 7 heteroatoms. The lowest BCUT2D eigenvalue weighted by molar-refractivity contribution is 0.161. The van der Waals surface area contributed by atoms with Gasteiger partial charge in [0.25, 0.3) is 0 Å². The number of hydrogen-bond acceptors (Lipinski definition) is 3. The van der Waals surface area contributed by atoms with E-state index in [1.807, 2.05) is 19.3 Å². The van der Waals surface area contributed by atoms with Gasteiger partial charge in [-0.25, -0.2) is 13.1 Å². The Morgan fingerprint density at radius 3 is 2.62 bits per heavy atom. The van der Waals surface area contributed by atoms with Crippen LogP contribution in [0.4, 0.5) is 0 Å². The number of nitrogens with one attached hydrogen (secondary N) is 1. The number of aromatic nitrogens is 1. The molecule has 0 aliphatic heterocycles. The fourth-order valence-corrected chi connectivity index (χ4v) is 3.60. The van der Waals surface area contributed by atoms with Crippen molar-refractivity contribution in [3.05, 3.63) is 53.3 Å². The van der Waals surface area contributed by atoms with Gasteiger partial charge in [-0.2, -0.15) is 0 Å². The van der Waals surface area contributed by atoms with Gasteiger partial charge in [-0.1, -0.05) is 23.7 Å². The number of aryl methyl sites for hydroxylation is 1. The predicted molar refractivity (Wildman–Crippen MR) is 81.6 cm³/mol. The van der Waals surface area contributed by atoms with E-state index in [1.54, 1.807) is 22.8 Å². The summed E-state index contributed by atoms with van der Waals surface area (Å²) in [4.78, 5) is 0.0417. The van der Waals surface area contributed by atoms with E-state index in [0.29, 0.717) is 0 Å². The quantitative estimate of drug-likeness (QED) is 0.853. The summed E-state index contributed by atoms with van der Waals surface area (Å²) in [6.07, 6.45) is 1.38. The van der Waals surface area contributed by atoms with Crippen molar-refractivity contribution >= 4 is 21.6 Å². The van der Waals surface area contributed by atoms with Crippen molar-refractivity contribution in [3.63, 3.8) is 0 Å². The lowest BCUT2D eigenvalue weighted by Gasteiger charge is -2.13. The van der Waals surface area contributed by atoms with Gasteiger partial charge in [0, 0.05) is 25.5 Å². The predicted octanol–water partition coefficient (Wildman–Crippen LogP) is 2.08. The van der Waals surface area contributed by atoms with Gasteiger partial charge in [-0.15, -0.1) is 0 Å². The molecular formula is C14H17ClN2O3S. The van der Waals surface area contributed by atoms with Gasteiger partial charge in [0.05, 0.1) is 11.1 Å². The Labute approximate surface area is 129 Å². The molecule has 1 aromatic heterocycles. The second-order valence-electron chi connectivity index (χ2n) is 4.68. The maximum absolute atomic E-state index is 12.1. The third kappa shape index (κ3) is 3.85. The molecule has 2 rings (SSSR count). The third-order valence-electron chi connectivity index (χ3n) is 3.16. The summed E-state index contributed by atoms with van der Waals surface area (Å²) >= 11 is 5.88. The van der Waals surface area contributed by atoms with Gasteiger partial charge in [0.2, 0.25) is 10.0 Å². The molecule has 0 fully saturated rings. The SMILES string of the molecule is Cn1cccc1C(O)CCNS(=O)(=O)c1ccccc1Cl. The molecule has 2 aromatic rings. The minimum atomic E-state index is -3.67. The summed E-state index contributed by atoms with van der Waals surface area (Å²) in [7, 11) is -1.84. The summed E-state index contributed by atoms with van der Waals surface area (Å²) in [5, 5.41) is 10.2. The highest BCUT2D eigenvalue weighted by Gasteiger charge is 2.18. The van der Waals surface area contributed by atoms with Crippen molar-refractivity contribution in [2.45, 2.75) is 17.4 Å². The molecule has 5 nitrogen and oxygen atoms in total. The first-order chi connectivity index (χ1) is 9.92. The van der Waals surface area contributed by atoms with Crippen molar-refractivity contribution in [1.29, 1.82) is 0 Å². The van der Waals surface area contributed by atoms with E-state index in [-0.39, 0.29) is 22.9 Å². The zero-order chi connectivity index (χ0) is 15.5. The first-order valence-corrected chi connectivity index (χ1v) is 8.31. The number of benzene rings is 1. The minimum absolute atomic E-state index is 0.0417. The zero-order valence-electron chi connectivity index (χ0n) is 11.5. The van der Waals surface area contributed by atoms with Crippen molar-refractivity contribution in [1.82, 2.24) is 9.29 Å². The molecule has 1 heterocycles. The lowest BCUT2D eigenvalue weighted by atomic mass is 10.2. The van der Waals surface area contributed by atoms with E-state index >= 15 is 0 Å². The highest BCUT2D eigenvalue weighted by atomic mass is 35.5. The van der Waals surface area contributed by atoms with Gasteiger partial charge < -0.3 is 9.67 Å². The van der Waals surface area contributed by atoms with Gasteiger partial charge >= 0.3 is 0 Å². The number of nitrogens with zero attached hydrogens (tertiary/aromatic N) is 1. The number of halogens is 1. The van der Waals surface area contributed by atoms with Crippen LogP contribution in [0.15, 0.2) is 47.5 Å². The van der Waals surface area contributed by atoms with Crippen LogP contribution < -0.4 is 4.72 Å². The molecule has 0 saturated heterocycles. The number of aliphatic hydroxyl groups excluding tert-OH is 1. The van der Waals surface area contributed by atoms with Crippen molar-refractivity contribution in [2.24, 2.45) is 7.05 Å². The average molecular weight is 329 g/mol. The maximum atomic E-state index is 12.1. The van der Waals surface area contributed by atoms with Gasteiger partial charge in [0.15, 0.2) is 0 Å². The lowest BCUT2D eigenvalue weighted by Crippen LogP contribution is -2.26. The Morgan fingerprint density at radius 1 is 1.29 bits per heavy atom. The van der Waals surface area contributed by atoms with Crippen LogP contribution in [0.5, 0.6) is 0 Å². The number of sulfonamides is 1. The second kappa shape index (κ2) is 6.62. The van der Waals surface area contributed by atoms with Crippen LogP contribution in [-0.2, 0) is 17.1 Å². The molecule has 0 radical (unpaired) electrons. The van der Waals surface area contributed by atoms with Crippen LogP contribution in [0, 0.1) is 0 Å². The summed E-state index contributed by atoms with van der Waals surface area (Å²) in [6, 6.07) is 9.87. The van der Waals surface area contributed by atoms with E-state index in [4.69, 9.17) is 11.6 Å². The monoisotopic (exact) mass is 328 g/mol. The molecule has 0 aliphatic rings. The molecule has 0 saturated carbocycles. The van der Waals surface area contributed by atoms with E-state index in [9.17, 15) is 13.5 Å². The van der Waals surface area contributed by atoms with Crippen molar-refractivity contribution < 1.29 is 13.5 Å². The average Bonchev–Trinajstić information content (AvgIpc) is 2.85. The van der Waals surface area contributed by atoms with Crippen LogP contribution in [0.3, 0.4) is 0 Å². The highest BCUT2D eigenvalue weighted by Crippen LogP contribution is 2.21. The van der Waals surface area contributed by atoms with E-state index in [1.165, 1.54) is 12.1 Å². The molecule has 1 aromatic carbocycles. The van der Waals surface area contributed by atoms with Gasteiger partial charge in [-0.05, 0) is 30.7 Å². The summed E-state index contributed by atoms with van der Waals surface area (Å²) in [5.74, 6) is 0. The first kappa shape index (κ1) is 16.0. The van der Waals surface area contributed by atoms with Crippen LogP contribution in [0.2, 0.25) is 5.02 Å². The number of rotatable bonds is 6. The fourth-order valence-electron chi connectivity index (χ4n) is 2.04. The normalized spacial score (nSPS) is 13.3. The summed E-state index contributed by atoms with van der Waals surface area (Å²) < 4.78 is 28.5. The molecule has 0 spiro atoms. The standard InChI is InChI=1S/C14H17ClN2O3S/c1-17-10-4-6-12(17)13(18)8-9-16-21(19,20)14-7-3-2-5-11(14)15/h2-7,10,13,16,18H,8-9H2,1H3. The van der Waals surface area contributed by atoms with Gasteiger partial charge in [0.1, 0.15) is 4.90 Å². The Bertz CT molecular complexity index is 713. The molecule has 1 atom stereocenters. The van der Waals surface area contributed by atoms with Crippen molar-refractivity contribution in [2.75, 3.05) is 6.54 Å². The second-order valence-corrected chi connectivity index (χ2v) is 6.82. The Hall–Kier alpha value is -1.34. The molecule has 0 amide bonds. The first-order valence-electron chi connectivity index (χ1n) is 6.45. The molecular weight excluding hydrogens is 312 g/mol. The highest BCUT2D eigenvalue weighted by molar-refractivity contribution is 7.89. The Morgan fingerprint density at radius 2 is 2.00 bits per heavy atom. The van der Waals surface area contributed by atoms with Crippen LogP contribution in [-0.4, -0.2) is 24.6 Å². The molecule has 21 heavy (non-hydrogen) atoms. The smallest absolute Gasteiger partial charge is 0.242 e. The number of aliphatic hydroxyl groups is 1. The van der Waals surface area contributed by atoms with Crippen LogP contribution in [0.1, 0.15) is 18.2 Å². The molecule has 114 valence electrons. The van der Waals surface area contributed by atoms with E-state index in [2.05, 4.69) is 4.72 Å². The topological polar surface area (TPSA) is 71.3 Å². The summed E-state index contributed by atoms with van der Waals surface area (Å²) in [6.45, 7) is 0.125. The van der Waals surface area contributed by atoms with Crippen LogP contribution in [0.25, 0.3) is 0 Å². The third-order valence-corrected chi connectivity index (χ3v) is 5.12. The summed E-state index contributed by atoms with van der Waals surface area (Å²) in [5.41, 5.74) is 0.743. The zero-order valence-corrected chi connectivity index (χ0v) is 13.1. The van der Waals surface area contributed by atoms with Crippen molar-refractivity contribution in [3.8, 4) is 0 Å². The molecule has 2 N–H and O–H groups in total. The Kier molecular flexibility index (Phi) is 5.05. The fraction of sp³-hybridized carbons (Fsp3) is 0.286. The Balaban J connectivity index is 1.97. The molecule has 0 aliphatic carbocycles. The molecule has 1 unspecified atom stereocenters. The van der Waals surface area contributed by atoms with Crippen LogP contribution >= 0.6 is 11.6 Å². The minimum Gasteiger partial charge on any atom is -0.387 e. The molecule has 0 bridgehead atoms.